The molecule has 0 bridgehead atoms. The van der Waals surface area contributed by atoms with E-state index in [1.54, 1.807) is 48.5 Å². The first-order valence-electron chi connectivity index (χ1n) is 13.8. The van der Waals surface area contributed by atoms with Gasteiger partial charge >= 0.3 is 0 Å². The average molecular weight is 689 g/mol. The van der Waals surface area contributed by atoms with E-state index in [9.17, 15) is 36.0 Å². The van der Waals surface area contributed by atoms with Crippen molar-refractivity contribution in [2.24, 2.45) is 0 Å². The van der Waals surface area contributed by atoms with Crippen LogP contribution in [-0.2, 0) is 28.8 Å². The van der Waals surface area contributed by atoms with Gasteiger partial charge in [0.05, 0.1) is 34.8 Å². The van der Waals surface area contributed by atoms with Crippen LogP contribution in [0.1, 0.15) is 41.4 Å². The minimum Gasteiger partial charge on any atom is -0.457 e. The number of ether oxygens (including phenoxy) is 2. The fourth-order valence-corrected chi connectivity index (χ4v) is 6.35. The molecule has 14 nitrogen and oxygen atoms in total. The lowest BCUT2D eigenvalue weighted by atomic mass is 9.94. The van der Waals surface area contributed by atoms with Gasteiger partial charge in [-0.05, 0) is 48.5 Å². The fraction of sp³-hybridized carbons (Fsp3) is 0.0625. The third-order valence-corrected chi connectivity index (χ3v) is 8.18. The topological polar surface area (TPSA) is 180 Å². The van der Waals surface area contributed by atoms with Crippen molar-refractivity contribution >= 4 is 65.4 Å². The summed E-state index contributed by atoms with van der Waals surface area (Å²) >= 11 is 0. The standard InChI is InChI=1S/C32H20N2O12S2/c1-47(39,40)45-33-29(35)21-10-4-8-19-25(14-12-23(27(19)21)31(33)37)43-17-6-3-7-18(16-17)44-26-15-13-24-28-20(26)9-5-11-22(28)30(36)34(32(24)38)46-48(2,41)42/h3-16H,1-2H3. The molecule has 2 aliphatic heterocycles. The fourth-order valence-electron chi connectivity index (χ4n) is 5.53. The Morgan fingerprint density at radius 3 is 1.21 bits per heavy atom. The van der Waals surface area contributed by atoms with E-state index in [2.05, 4.69) is 8.57 Å². The van der Waals surface area contributed by atoms with Crippen LogP contribution in [0.5, 0.6) is 23.0 Å². The molecule has 4 amide bonds. The van der Waals surface area contributed by atoms with Crippen molar-refractivity contribution in [1.29, 1.82) is 0 Å². The summed E-state index contributed by atoms with van der Waals surface area (Å²) in [6, 6.07) is 21.6. The number of nitrogens with zero attached hydrogens (tertiary/aromatic N) is 2. The van der Waals surface area contributed by atoms with E-state index in [1.165, 1.54) is 36.4 Å². The van der Waals surface area contributed by atoms with Crippen molar-refractivity contribution in [3.8, 4) is 23.0 Å². The SMILES string of the molecule is CS(=O)(=O)ON1C(=O)c2cccc3c(Oc4cccc(Oc5ccc6c7c(cccc57)C(=O)N(OS(C)(=O)=O)C6=O)c4)ccc(c23)C1=O. The summed E-state index contributed by atoms with van der Waals surface area (Å²) in [7, 11) is -8.35. The highest BCUT2D eigenvalue weighted by Gasteiger charge is 2.38. The maximum Gasteiger partial charge on any atom is 0.286 e. The van der Waals surface area contributed by atoms with E-state index < -0.39 is 43.9 Å². The molecule has 5 aromatic carbocycles. The van der Waals surface area contributed by atoms with Crippen LogP contribution < -0.4 is 9.47 Å². The van der Waals surface area contributed by atoms with Crippen molar-refractivity contribution < 1.29 is 54.1 Å². The smallest absolute Gasteiger partial charge is 0.286 e. The Kier molecular flexibility index (Phi) is 7.06. The Hall–Kier alpha value is -5.68. The van der Waals surface area contributed by atoms with Gasteiger partial charge in [-0.3, -0.25) is 19.2 Å². The number of hydrogen-bond donors (Lipinski definition) is 0. The minimum absolute atomic E-state index is 0.0408. The lowest BCUT2D eigenvalue weighted by molar-refractivity contribution is -0.0153. The van der Waals surface area contributed by atoms with Crippen LogP contribution in [0.15, 0.2) is 84.9 Å². The van der Waals surface area contributed by atoms with Gasteiger partial charge in [0.25, 0.3) is 43.9 Å². The molecule has 16 heteroatoms. The highest BCUT2D eigenvalue weighted by molar-refractivity contribution is 7.86. The molecule has 0 spiro atoms. The number of hydrogen-bond acceptors (Lipinski definition) is 12. The second-order valence-corrected chi connectivity index (χ2v) is 13.8. The molecule has 0 atom stereocenters. The monoisotopic (exact) mass is 688 g/mol. The molecule has 7 rings (SSSR count). The molecule has 0 unspecified atom stereocenters. The van der Waals surface area contributed by atoms with Crippen molar-refractivity contribution in [3.63, 3.8) is 0 Å². The molecule has 0 saturated carbocycles. The summed E-state index contributed by atoms with van der Waals surface area (Å²) < 4.78 is 68.4. The van der Waals surface area contributed by atoms with Gasteiger partial charge in [-0.15, -0.1) is 18.7 Å². The summed E-state index contributed by atoms with van der Waals surface area (Å²) in [6.07, 6.45) is 1.44. The van der Waals surface area contributed by atoms with E-state index in [-0.39, 0.29) is 54.7 Å². The van der Waals surface area contributed by atoms with E-state index >= 15 is 0 Å². The van der Waals surface area contributed by atoms with E-state index in [0.29, 0.717) is 22.3 Å². The molecule has 48 heavy (non-hydrogen) atoms. The Morgan fingerprint density at radius 1 is 0.479 bits per heavy atom. The molecular weight excluding hydrogens is 668 g/mol. The highest BCUT2D eigenvalue weighted by Crippen LogP contribution is 2.40. The number of imide groups is 2. The van der Waals surface area contributed by atoms with Gasteiger partial charge in [-0.1, -0.05) is 30.3 Å². The van der Waals surface area contributed by atoms with Gasteiger partial charge in [-0.2, -0.15) is 16.8 Å². The van der Waals surface area contributed by atoms with Gasteiger partial charge in [-0.25, -0.2) is 0 Å². The lowest BCUT2D eigenvalue weighted by Gasteiger charge is -2.25. The number of carbonyl (C=O) groups is 4. The number of amides is 4. The number of hydroxylamine groups is 4. The summed E-state index contributed by atoms with van der Waals surface area (Å²) in [4.78, 5) is 52.1. The molecule has 5 aromatic rings. The second-order valence-electron chi connectivity index (χ2n) is 10.7. The molecule has 242 valence electrons. The van der Waals surface area contributed by atoms with Gasteiger partial charge in [0.2, 0.25) is 0 Å². The van der Waals surface area contributed by atoms with E-state index in [4.69, 9.17) is 9.47 Å². The van der Waals surface area contributed by atoms with Gasteiger partial charge in [0.15, 0.2) is 0 Å². The predicted molar refractivity (Wildman–Crippen MR) is 167 cm³/mol. The number of rotatable bonds is 8. The van der Waals surface area contributed by atoms with Crippen LogP contribution in [0, 0.1) is 0 Å². The number of benzene rings is 5. The highest BCUT2D eigenvalue weighted by atomic mass is 32.2. The van der Waals surface area contributed by atoms with Crippen LogP contribution in [0.25, 0.3) is 21.5 Å². The quantitative estimate of drug-likeness (QED) is 0.208. The maximum atomic E-state index is 13.0. The Labute approximate surface area is 271 Å². The largest absolute Gasteiger partial charge is 0.457 e. The van der Waals surface area contributed by atoms with Crippen molar-refractivity contribution in [2.75, 3.05) is 12.5 Å². The molecule has 0 aliphatic carbocycles. The third kappa shape index (κ3) is 5.31. The van der Waals surface area contributed by atoms with Crippen molar-refractivity contribution in [3.05, 3.63) is 107 Å². The van der Waals surface area contributed by atoms with Crippen LogP contribution in [0.2, 0.25) is 0 Å². The molecule has 0 saturated heterocycles. The van der Waals surface area contributed by atoms with Crippen LogP contribution >= 0.6 is 0 Å². The lowest BCUT2D eigenvalue weighted by Crippen LogP contribution is -2.41. The Bertz CT molecular complexity index is 2300. The van der Waals surface area contributed by atoms with Crippen molar-refractivity contribution in [2.45, 2.75) is 0 Å². The zero-order valence-electron chi connectivity index (χ0n) is 24.7. The zero-order valence-corrected chi connectivity index (χ0v) is 26.3. The van der Waals surface area contributed by atoms with Gasteiger partial charge < -0.3 is 9.47 Å². The number of carbonyl (C=O) groups excluding carboxylic acids is 4. The third-order valence-electron chi connectivity index (χ3n) is 7.34. The normalized spacial score (nSPS) is 14.6. The molecule has 0 aromatic heterocycles. The molecular formula is C32H20N2O12S2. The van der Waals surface area contributed by atoms with Crippen molar-refractivity contribution in [1.82, 2.24) is 10.1 Å². The summed E-state index contributed by atoms with van der Waals surface area (Å²) in [5, 5.41) is 1.76. The van der Waals surface area contributed by atoms with Gasteiger partial charge in [0.1, 0.15) is 23.0 Å². The predicted octanol–water partition coefficient (Wildman–Crippen LogP) is 4.55. The Balaban J connectivity index is 1.21. The first kappa shape index (κ1) is 30.9. The summed E-state index contributed by atoms with van der Waals surface area (Å²) in [5.74, 6) is -2.61. The molecule has 0 N–H and O–H groups in total. The molecule has 2 aliphatic rings. The minimum atomic E-state index is -4.17. The summed E-state index contributed by atoms with van der Waals surface area (Å²) in [6.45, 7) is 0. The first-order chi connectivity index (χ1) is 22.7. The van der Waals surface area contributed by atoms with Crippen LogP contribution in [0.3, 0.4) is 0 Å². The van der Waals surface area contributed by atoms with E-state index in [0.717, 1.165) is 12.5 Å². The first-order valence-corrected chi connectivity index (χ1v) is 17.5. The Morgan fingerprint density at radius 2 is 0.833 bits per heavy atom. The average Bonchev–Trinajstić information content (AvgIpc) is 3.03. The van der Waals surface area contributed by atoms with Gasteiger partial charge in [0, 0.05) is 27.6 Å². The maximum absolute atomic E-state index is 13.0. The van der Waals surface area contributed by atoms with E-state index in [1.807, 2.05) is 0 Å². The van der Waals surface area contributed by atoms with Crippen LogP contribution in [-0.4, -0.2) is 63.1 Å². The zero-order chi connectivity index (χ0) is 34.1. The molecule has 0 radical (unpaired) electrons. The van der Waals surface area contributed by atoms with Crippen LogP contribution in [0.4, 0.5) is 0 Å². The molecule has 2 heterocycles. The second kappa shape index (κ2) is 11.0. The summed E-state index contributed by atoms with van der Waals surface area (Å²) in [5.41, 5.74) is 0.163. The molecule has 0 fully saturated rings.